The van der Waals surface area contributed by atoms with Crippen LogP contribution in [0.15, 0.2) is 61.2 Å². The summed E-state index contributed by atoms with van der Waals surface area (Å²) in [4.78, 5) is 25.5. The van der Waals surface area contributed by atoms with Crippen molar-refractivity contribution in [1.82, 2.24) is 19.5 Å². The second-order valence-electron chi connectivity index (χ2n) is 7.12. The van der Waals surface area contributed by atoms with Crippen molar-refractivity contribution in [3.63, 3.8) is 0 Å². The van der Waals surface area contributed by atoms with Gasteiger partial charge in [-0.25, -0.2) is 15.0 Å². The molecule has 4 rings (SSSR count). The van der Waals surface area contributed by atoms with Gasteiger partial charge in [0.15, 0.2) is 11.5 Å². The molecule has 2 aromatic heterocycles. The van der Waals surface area contributed by atoms with Crippen molar-refractivity contribution in [3.05, 3.63) is 78.1 Å². The SMILES string of the molecule is COc1cccc(C(=O)Nc2ccc(Oc3cc(-n4cnc(C)c4C)ncn3)cc2)c1OC. The lowest BCUT2D eigenvalue weighted by molar-refractivity contribution is 0.102. The summed E-state index contributed by atoms with van der Waals surface area (Å²) in [5, 5.41) is 2.85. The summed E-state index contributed by atoms with van der Waals surface area (Å²) < 4.78 is 18.3. The Morgan fingerprint density at radius 3 is 2.42 bits per heavy atom. The second-order valence-corrected chi connectivity index (χ2v) is 7.12. The van der Waals surface area contributed by atoms with E-state index in [2.05, 4.69) is 20.3 Å². The monoisotopic (exact) mass is 445 g/mol. The highest BCUT2D eigenvalue weighted by Crippen LogP contribution is 2.31. The molecule has 2 aromatic carbocycles. The van der Waals surface area contributed by atoms with E-state index >= 15 is 0 Å². The Morgan fingerprint density at radius 2 is 1.76 bits per heavy atom. The maximum atomic E-state index is 12.7. The summed E-state index contributed by atoms with van der Waals surface area (Å²) in [6, 6.07) is 13.8. The number of benzene rings is 2. The normalized spacial score (nSPS) is 10.5. The predicted octanol–water partition coefficient (Wildman–Crippen LogP) is 4.34. The average molecular weight is 445 g/mol. The van der Waals surface area contributed by atoms with Gasteiger partial charge >= 0.3 is 0 Å². The molecule has 9 nitrogen and oxygen atoms in total. The number of nitrogens with one attached hydrogen (secondary N) is 1. The fraction of sp³-hybridized carbons (Fsp3) is 0.167. The molecule has 0 radical (unpaired) electrons. The second kappa shape index (κ2) is 9.39. The van der Waals surface area contributed by atoms with Crippen molar-refractivity contribution < 1.29 is 19.0 Å². The fourth-order valence-corrected chi connectivity index (χ4v) is 3.24. The van der Waals surface area contributed by atoms with Crippen molar-refractivity contribution in [1.29, 1.82) is 0 Å². The number of carbonyl (C=O) groups excluding carboxylic acids is 1. The van der Waals surface area contributed by atoms with Crippen LogP contribution in [0.3, 0.4) is 0 Å². The smallest absolute Gasteiger partial charge is 0.259 e. The lowest BCUT2D eigenvalue weighted by atomic mass is 10.1. The average Bonchev–Trinajstić information content (AvgIpc) is 3.18. The molecule has 0 aliphatic rings. The lowest BCUT2D eigenvalue weighted by Gasteiger charge is -2.13. The number of methoxy groups -OCH3 is 2. The van der Waals surface area contributed by atoms with Gasteiger partial charge < -0.3 is 19.5 Å². The molecule has 0 bridgehead atoms. The summed E-state index contributed by atoms with van der Waals surface area (Å²) in [5.41, 5.74) is 2.90. The number of rotatable bonds is 7. The zero-order chi connectivity index (χ0) is 23.4. The first-order chi connectivity index (χ1) is 16.0. The lowest BCUT2D eigenvalue weighted by Crippen LogP contribution is -2.13. The minimum atomic E-state index is -0.314. The number of hydrogen-bond acceptors (Lipinski definition) is 7. The molecule has 0 saturated carbocycles. The molecule has 0 aliphatic heterocycles. The minimum Gasteiger partial charge on any atom is -0.493 e. The molecule has 1 N–H and O–H groups in total. The molecule has 0 saturated heterocycles. The predicted molar refractivity (Wildman–Crippen MR) is 123 cm³/mol. The highest BCUT2D eigenvalue weighted by molar-refractivity contribution is 6.06. The van der Waals surface area contributed by atoms with Crippen LogP contribution >= 0.6 is 0 Å². The van der Waals surface area contributed by atoms with Gasteiger partial charge in [0.2, 0.25) is 5.88 Å². The first-order valence-electron chi connectivity index (χ1n) is 10.1. The molecule has 4 aromatic rings. The van der Waals surface area contributed by atoms with E-state index in [4.69, 9.17) is 14.2 Å². The van der Waals surface area contributed by atoms with Crippen LogP contribution in [0.5, 0.6) is 23.1 Å². The Morgan fingerprint density at radius 1 is 0.970 bits per heavy atom. The molecule has 0 atom stereocenters. The molecule has 0 unspecified atom stereocenters. The number of para-hydroxylation sites is 1. The van der Waals surface area contributed by atoms with Crippen LogP contribution in [0.2, 0.25) is 0 Å². The molecule has 2 heterocycles. The number of carbonyl (C=O) groups is 1. The van der Waals surface area contributed by atoms with Crippen molar-refractivity contribution in [2.24, 2.45) is 0 Å². The summed E-state index contributed by atoms with van der Waals surface area (Å²) >= 11 is 0. The number of ether oxygens (including phenoxy) is 3. The van der Waals surface area contributed by atoms with Gasteiger partial charge in [0, 0.05) is 17.4 Å². The highest BCUT2D eigenvalue weighted by Gasteiger charge is 2.16. The summed E-state index contributed by atoms with van der Waals surface area (Å²) in [7, 11) is 3.02. The number of amides is 1. The standard InChI is InChI=1S/C24H23N5O4/c1-15-16(2)29(14-27-15)21-12-22(26-13-25-21)33-18-10-8-17(9-11-18)28-24(30)19-6-5-7-20(31-3)23(19)32-4/h5-14H,1-4H3,(H,28,30). The van der Waals surface area contributed by atoms with Crippen LogP contribution in [0.4, 0.5) is 5.69 Å². The van der Waals surface area contributed by atoms with Gasteiger partial charge in [-0.1, -0.05) is 6.07 Å². The minimum absolute atomic E-state index is 0.314. The van der Waals surface area contributed by atoms with Crippen molar-refractivity contribution >= 4 is 11.6 Å². The number of aromatic nitrogens is 4. The third kappa shape index (κ3) is 4.62. The van der Waals surface area contributed by atoms with E-state index in [1.807, 2.05) is 18.4 Å². The van der Waals surface area contributed by atoms with Crippen LogP contribution in [0, 0.1) is 13.8 Å². The molecule has 168 valence electrons. The maximum absolute atomic E-state index is 12.7. The van der Waals surface area contributed by atoms with Gasteiger partial charge in [0.05, 0.1) is 25.5 Å². The maximum Gasteiger partial charge on any atom is 0.259 e. The molecule has 1 amide bonds. The number of hydrogen-bond donors (Lipinski definition) is 1. The van der Waals surface area contributed by atoms with E-state index in [9.17, 15) is 4.79 Å². The van der Waals surface area contributed by atoms with Crippen LogP contribution in [-0.2, 0) is 0 Å². The zero-order valence-electron chi connectivity index (χ0n) is 18.7. The van der Waals surface area contributed by atoms with Gasteiger partial charge in [-0.2, -0.15) is 0 Å². The summed E-state index contributed by atoms with van der Waals surface area (Å²) in [5.74, 6) is 2.17. The molecule has 33 heavy (non-hydrogen) atoms. The Hall–Kier alpha value is -4.40. The number of imidazole rings is 1. The molecular formula is C24H23N5O4. The molecule has 0 aliphatic carbocycles. The first kappa shape index (κ1) is 21.8. The number of aryl methyl sites for hydroxylation is 1. The Labute approximate surface area is 191 Å². The molecule has 0 fully saturated rings. The Balaban J connectivity index is 1.47. The third-order valence-corrected chi connectivity index (χ3v) is 5.11. The van der Waals surface area contributed by atoms with E-state index in [1.165, 1.54) is 20.5 Å². The molecule has 0 spiro atoms. The molecule has 9 heteroatoms. The van der Waals surface area contributed by atoms with E-state index in [0.29, 0.717) is 40.2 Å². The summed E-state index contributed by atoms with van der Waals surface area (Å²) in [6.45, 7) is 3.91. The van der Waals surface area contributed by atoms with E-state index in [0.717, 1.165) is 11.4 Å². The van der Waals surface area contributed by atoms with Gasteiger partial charge in [0.25, 0.3) is 5.91 Å². The van der Waals surface area contributed by atoms with Crippen LogP contribution in [0.25, 0.3) is 5.82 Å². The van der Waals surface area contributed by atoms with Crippen molar-refractivity contribution in [2.75, 3.05) is 19.5 Å². The van der Waals surface area contributed by atoms with Crippen LogP contribution < -0.4 is 19.5 Å². The first-order valence-corrected chi connectivity index (χ1v) is 10.1. The number of anilines is 1. The zero-order valence-corrected chi connectivity index (χ0v) is 18.7. The van der Waals surface area contributed by atoms with Gasteiger partial charge in [0.1, 0.15) is 24.2 Å². The topological polar surface area (TPSA) is 100 Å². The van der Waals surface area contributed by atoms with Gasteiger partial charge in [-0.05, 0) is 50.2 Å². The highest BCUT2D eigenvalue weighted by atomic mass is 16.5. The molecular weight excluding hydrogens is 422 g/mol. The van der Waals surface area contributed by atoms with E-state index in [1.54, 1.807) is 54.9 Å². The van der Waals surface area contributed by atoms with Crippen LogP contribution in [-0.4, -0.2) is 39.6 Å². The van der Waals surface area contributed by atoms with E-state index < -0.39 is 0 Å². The van der Waals surface area contributed by atoms with Gasteiger partial charge in [-0.3, -0.25) is 9.36 Å². The largest absolute Gasteiger partial charge is 0.493 e. The van der Waals surface area contributed by atoms with Crippen molar-refractivity contribution in [2.45, 2.75) is 13.8 Å². The Kier molecular flexibility index (Phi) is 6.21. The Bertz CT molecular complexity index is 1280. The van der Waals surface area contributed by atoms with Crippen molar-refractivity contribution in [3.8, 4) is 28.9 Å². The summed E-state index contributed by atoms with van der Waals surface area (Å²) in [6.07, 6.45) is 3.15. The fourth-order valence-electron chi connectivity index (χ4n) is 3.24. The van der Waals surface area contributed by atoms with Crippen LogP contribution in [0.1, 0.15) is 21.7 Å². The van der Waals surface area contributed by atoms with E-state index in [-0.39, 0.29) is 5.91 Å². The van der Waals surface area contributed by atoms with Gasteiger partial charge in [-0.15, -0.1) is 0 Å². The number of nitrogens with zero attached hydrogens (tertiary/aromatic N) is 4. The third-order valence-electron chi connectivity index (χ3n) is 5.11. The quantitative estimate of drug-likeness (QED) is 0.452.